The molecule has 0 N–H and O–H groups in total. The maximum Gasteiger partial charge on any atom is 0.338 e. The molecule has 0 aliphatic carbocycles. The first kappa shape index (κ1) is 21.0. The van der Waals surface area contributed by atoms with Gasteiger partial charge in [-0.05, 0) is 53.5 Å². The average molecular weight is 434 g/mol. The summed E-state index contributed by atoms with van der Waals surface area (Å²) in [6.45, 7) is 0.938. The van der Waals surface area contributed by atoms with Crippen molar-refractivity contribution in [2.45, 2.75) is 17.9 Å². The smallest absolute Gasteiger partial charge is 0.338 e. The molecule has 158 valence electrons. The number of hydrogen-bond donors (Lipinski definition) is 0. The predicted molar refractivity (Wildman–Crippen MR) is 120 cm³/mol. The third-order valence-electron chi connectivity index (χ3n) is 5.24. The second kappa shape index (κ2) is 9.29. The van der Waals surface area contributed by atoms with Gasteiger partial charge in [-0.3, -0.25) is 0 Å². The van der Waals surface area contributed by atoms with Crippen molar-refractivity contribution in [1.82, 2.24) is 4.31 Å². The van der Waals surface area contributed by atoms with E-state index in [0.717, 1.165) is 11.1 Å². The second-order valence-electron chi connectivity index (χ2n) is 7.29. The van der Waals surface area contributed by atoms with Crippen molar-refractivity contribution in [3.8, 4) is 0 Å². The van der Waals surface area contributed by atoms with Crippen LogP contribution < -0.4 is 0 Å². The molecule has 3 aromatic rings. The molecule has 0 spiro atoms. The van der Waals surface area contributed by atoms with Crippen LogP contribution in [0.2, 0.25) is 0 Å². The Bertz CT molecular complexity index is 1190. The van der Waals surface area contributed by atoms with Crippen molar-refractivity contribution >= 4 is 22.1 Å². The Morgan fingerprint density at radius 2 is 1.58 bits per heavy atom. The highest BCUT2D eigenvalue weighted by molar-refractivity contribution is 7.89. The summed E-state index contributed by atoms with van der Waals surface area (Å²) in [5, 5.41) is 0. The molecular weight excluding hydrogens is 410 g/mol. The van der Waals surface area contributed by atoms with Gasteiger partial charge in [-0.1, -0.05) is 60.7 Å². The lowest BCUT2D eigenvalue weighted by atomic mass is 10.0. The van der Waals surface area contributed by atoms with Gasteiger partial charge in [-0.2, -0.15) is 4.31 Å². The predicted octanol–water partition coefficient (Wildman–Crippen LogP) is 4.30. The Kier molecular flexibility index (Phi) is 6.30. The molecule has 0 fully saturated rings. The topological polar surface area (TPSA) is 63.7 Å². The molecule has 0 atom stereocenters. The number of hydrogen-bond acceptors (Lipinski definition) is 4. The third kappa shape index (κ3) is 4.93. The van der Waals surface area contributed by atoms with Crippen molar-refractivity contribution < 1.29 is 17.9 Å². The minimum Gasteiger partial charge on any atom is -0.458 e. The van der Waals surface area contributed by atoms with Crippen molar-refractivity contribution in [3.05, 3.63) is 107 Å². The third-order valence-corrected chi connectivity index (χ3v) is 7.10. The quantitative estimate of drug-likeness (QED) is 0.544. The molecule has 3 aromatic carbocycles. The van der Waals surface area contributed by atoms with Crippen LogP contribution in [-0.4, -0.2) is 31.8 Å². The lowest BCUT2D eigenvalue weighted by molar-refractivity contribution is 0.0550. The fourth-order valence-electron chi connectivity index (χ4n) is 3.54. The van der Waals surface area contributed by atoms with Crippen LogP contribution in [0.25, 0.3) is 6.08 Å². The first-order valence-electron chi connectivity index (χ1n) is 10.1. The molecule has 0 amide bonds. The largest absolute Gasteiger partial charge is 0.458 e. The minimum absolute atomic E-state index is 0.140. The zero-order valence-corrected chi connectivity index (χ0v) is 17.8. The summed E-state index contributed by atoms with van der Waals surface area (Å²) in [4.78, 5) is 12.4. The number of ether oxygens (including phenoxy) is 1. The van der Waals surface area contributed by atoms with Crippen LogP contribution in [-0.2, 0) is 27.7 Å². The lowest BCUT2D eigenvalue weighted by Gasteiger charge is -2.28. The Morgan fingerprint density at radius 1 is 0.903 bits per heavy atom. The van der Waals surface area contributed by atoms with Crippen LogP contribution in [0.1, 0.15) is 27.0 Å². The van der Waals surface area contributed by atoms with Gasteiger partial charge in [-0.15, -0.1) is 0 Å². The number of carbonyl (C=O) groups is 1. The van der Waals surface area contributed by atoms with E-state index in [1.165, 1.54) is 34.1 Å². The summed E-state index contributed by atoms with van der Waals surface area (Å²) in [6, 6.07) is 23.5. The number of nitrogens with zero attached hydrogens (tertiary/aromatic N) is 1. The number of carbonyl (C=O) groups excluding carboxylic acids is 1. The van der Waals surface area contributed by atoms with Gasteiger partial charge in [0.2, 0.25) is 10.0 Å². The van der Waals surface area contributed by atoms with E-state index in [1.807, 2.05) is 60.7 Å². The average Bonchev–Trinajstić information content (AvgIpc) is 2.82. The molecule has 6 heteroatoms. The van der Waals surface area contributed by atoms with Gasteiger partial charge in [0.1, 0.15) is 6.61 Å². The molecule has 31 heavy (non-hydrogen) atoms. The molecule has 0 bridgehead atoms. The van der Waals surface area contributed by atoms with E-state index in [0.29, 0.717) is 25.1 Å². The molecule has 4 rings (SSSR count). The van der Waals surface area contributed by atoms with E-state index in [4.69, 9.17) is 4.74 Å². The summed E-state index contributed by atoms with van der Waals surface area (Å²) in [5.41, 5.74) is 3.55. The molecule has 0 radical (unpaired) electrons. The summed E-state index contributed by atoms with van der Waals surface area (Å²) >= 11 is 0. The molecule has 1 heterocycles. The van der Waals surface area contributed by atoms with Gasteiger partial charge in [0, 0.05) is 13.1 Å². The zero-order chi connectivity index (χ0) is 21.7. The van der Waals surface area contributed by atoms with Crippen LogP contribution in [0.3, 0.4) is 0 Å². The van der Waals surface area contributed by atoms with Crippen LogP contribution in [0.15, 0.2) is 89.8 Å². The first-order valence-corrected chi connectivity index (χ1v) is 11.5. The van der Waals surface area contributed by atoms with E-state index in [2.05, 4.69) is 0 Å². The molecule has 0 saturated heterocycles. The number of rotatable bonds is 6. The van der Waals surface area contributed by atoms with E-state index in [-0.39, 0.29) is 11.5 Å². The molecule has 0 aromatic heterocycles. The fraction of sp³-hybridized carbons (Fsp3) is 0.160. The van der Waals surface area contributed by atoms with Gasteiger partial charge in [0.05, 0.1) is 10.5 Å². The Labute approximate surface area is 182 Å². The number of sulfonamides is 1. The van der Waals surface area contributed by atoms with Crippen LogP contribution in [0, 0.1) is 0 Å². The van der Waals surface area contributed by atoms with Gasteiger partial charge in [0.25, 0.3) is 0 Å². The van der Waals surface area contributed by atoms with E-state index in [9.17, 15) is 13.2 Å². The van der Waals surface area contributed by atoms with E-state index >= 15 is 0 Å². The standard InChI is InChI=1S/C25H23NO4S/c27-25(30-18-6-9-20-7-2-1-3-8-20)22-12-14-24(15-13-22)31(28,29)26-17-16-21-10-4-5-11-23(21)19-26/h1-15H,16-19H2/b9-6+. The van der Waals surface area contributed by atoms with Crippen molar-refractivity contribution in [3.63, 3.8) is 0 Å². The maximum absolute atomic E-state index is 13.0. The molecule has 0 saturated carbocycles. The van der Waals surface area contributed by atoms with Crippen molar-refractivity contribution in [2.75, 3.05) is 13.2 Å². The summed E-state index contributed by atoms with van der Waals surface area (Å²) < 4.78 is 32.8. The monoisotopic (exact) mass is 433 g/mol. The normalized spacial score (nSPS) is 14.3. The maximum atomic E-state index is 13.0. The van der Waals surface area contributed by atoms with Crippen molar-refractivity contribution in [1.29, 1.82) is 0 Å². The molecule has 5 nitrogen and oxygen atoms in total. The number of benzene rings is 3. The molecule has 0 unspecified atom stereocenters. The van der Waals surface area contributed by atoms with Gasteiger partial charge < -0.3 is 4.74 Å². The van der Waals surface area contributed by atoms with Crippen LogP contribution in [0.5, 0.6) is 0 Å². The SMILES string of the molecule is O=C(OC/C=C/c1ccccc1)c1ccc(S(=O)(=O)N2CCc3ccccc3C2)cc1. The van der Waals surface area contributed by atoms with Crippen LogP contribution >= 0.6 is 0 Å². The van der Waals surface area contributed by atoms with Gasteiger partial charge in [0.15, 0.2) is 0 Å². The molecule has 1 aliphatic heterocycles. The minimum atomic E-state index is -3.63. The Balaban J connectivity index is 1.38. The Hall–Kier alpha value is -3.22. The highest BCUT2D eigenvalue weighted by atomic mass is 32.2. The lowest BCUT2D eigenvalue weighted by Crippen LogP contribution is -2.35. The summed E-state index contributed by atoms with van der Waals surface area (Å²) in [7, 11) is -3.63. The highest BCUT2D eigenvalue weighted by Crippen LogP contribution is 2.25. The Morgan fingerprint density at radius 3 is 2.32 bits per heavy atom. The summed E-state index contributed by atoms with van der Waals surface area (Å²) in [6.07, 6.45) is 4.33. The first-order chi connectivity index (χ1) is 15.0. The highest BCUT2D eigenvalue weighted by Gasteiger charge is 2.28. The van der Waals surface area contributed by atoms with Gasteiger partial charge in [-0.25, -0.2) is 13.2 Å². The van der Waals surface area contributed by atoms with Crippen LogP contribution in [0.4, 0.5) is 0 Å². The second-order valence-corrected chi connectivity index (χ2v) is 9.23. The number of fused-ring (bicyclic) bond motifs is 1. The molecule has 1 aliphatic rings. The number of esters is 1. The van der Waals surface area contributed by atoms with Crippen molar-refractivity contribution in [2.24, 2.45) is 0 Å². The van der Waals surface area contributed by atoms with E-state index in [1.54, 1.807) is 6.08 Å². The molecular formula is C25H23NO4S. The summed E-state index contributed by atoms with van der Waals surface area (Å²) in [5.74, 6) is -0.492. The van der Waals surface area contributed by atoms with E-state index < -0.39 is 16.0 Å². The fourth-order valence-corrected chi connectivity index (χ4v) is 4.96. The van der Waals surface area contributed by atoms with Gasteiger partial charge >= 0.3 is 5.97 Å². The zero-order valence-electron chi connectivity index (χ0n) is 17.0.